The summed E-state index contributed by atoms with van der Waals surface area (Å²) in [6.45, 7) is 1.09. The molecule has 0 aliphatic heterocycles. The van der Waals surface area contributed by atoms with Crippen molar-refractivity contribution >= 4 is 23.3 Å². The fraction of sp³-hybridized carbons (Fsp3) is 0.364. The molecule has 0 saturated heterocycles. The summed E-state index contributed by atoms with van der Waals surface area (Å²) in [5, 5.41) is 12.7. The number of rotatable bonds is 4. The minimum Gasteiger partial charge on any atom is -0.467 e. The summed E-state index contributed by atoms with van der Waals surface area (Å²) in [6, 6.07) is 3.96. The molecular formula is C11H13ClFNO3. The molecule has 1 atom stereocenters. The number of hydrogen-bond acceptors (Lipinski definition) is 4. The van der Waals surface area contributed by atoms with Crippen LogP contribution in [0.4, 0.5) is 10.1 Å². The zero-order valence-corrected chi connectivity index (χ0v) is 10.2. The Hall–Kier alpha value is -1.33. The highest BCUT2D eigenvalue weighted by molar-refractivity contribution is 6.30. The number of nitrogens with one attached hydrogen (secondary N) is 1. The molecule has 0 radical (unpaired) electrons. The van der Waals surface area contributed by atoms with E-state index >= 15 is 0 Å². The first-order chi connectivity index (χ1) is 7.86. The number of anilines is 1. The van der Waals surface area contributed by atoms with Gasteiger partial charge in [0, 0.05) is 5.02 Å². The molecule has 0 heterocycles. The van der Waals surface area contributed by atoms with Crippen LogP contribution in [0.5, 0.6) is 0 Å². The molecule has 17 heavy (non-hydrogen) atoms. The van der Waals surface area contributed by atoms with Crippen LogP contribution in [0.3, 0.4) is 0 Å². The van der Waals surface area contributed by atoms with Gasteiger partial charge < -0.3 is 15.2 Å². The van der Waals surface area contributed by atoms with Crippen LogP contribution in [0, 0.1) is 5.82 Å². The zero-order chi connectivity index (χ0) is 13.1. The quantitative estimate of drug-likeness (QED) is 0.812. The van der Waals surface area contributed by atoms with Crippen LogP contribution in [0.1, 0.15) is 6.92 Å². The summed E-state index contributed by atoms with van der Waals surface area (Å²) < 4.78 is 17.7. The number of carbonyl (C=O) groups is 1. The fourth-order valence-corrected chi connectivity index (χ4v) is 1.36. The SMILES string of the molecule is COC(=O)C(C)(O)CNc1cc(Cl)ccc1F. The molecule has 0 aliphatic rings. The molecule has 6 heteroatoms. The second-order valence-corrected chi connectivity index (χ2v) is 4.18. The van der Waals surface area contributed by atoms with Crippen molar-refractivity contribution in [2.24, 2.45) is 0 Å². The maximum Gasteiger partial charge on any atom is 0.339 e. The first-order valence-electron chi connectivity index (χ1n) is 4.86. The first-order valence-corrected chi connectivity index (χ1v) is 5.24. The average molecular weight is 262 g/mol. The number of carbonyl (C=O) groups excluding carboxylic acids is 1. The third-order valence-corrected chi connectivity index (χ3v) is 2.41. The van der Waals surface area contributed by atoms with Gasteiger partial charge in [-0.1, -0.05) is 11.6 Å². The molecule has 94 valence electrons. The van der Waals surface area contributed by atoms with E-state index in [0.29, 0.717) is 5.02 Å². The van der Waals surface area contributed by atoms with Crippen molar-refractivity contribution in [2.45, 2.75) is 12.5 Å². The number of ether oxygens (including phenoxy) is 1. The van der Waals surface area contributed by atoms with Crippen LogP contribution < -0.4 is 5.32 Å². The molecule has 1 rings (SSSR count). The number of hydrogen-bond donors (Lipinski definition) is 2. The Kier molecular flexibility index (Phi) is 4.31. The number of benzene rings is 1. The van der Waals surface area contributed by atoms with Crippen molar-refractivity contribution in [1.29, 1.82) is 0 Å². The van der Waals surface area contributed by atoms with Crippen LogP contribution in [0.25, 0.3) is 0 Å². The van der Waals surface area contributed by atoms with E-state index in [1.165, 1.54) is 25.1 Å². The van der Waals surface area contributed by atoms with Crippen LogP contribution >= 0.6 is 11.6 Å². The molecule has 0 amide bonds. The van der Waals surface area contributed by atoms with Crippen LogP contribution in [0.2, 0.25) is 5.02 Å². The Morgan fingerprint density at radius 3 is 2.88 bits per heavy atom. The highest BCUT2D eigenvalue weighted by Crippen LogP contribution is 2.20. The first kappa shape index (κ1) is 13.7. The third-order valence-electron chi connectivity index (χ3n) is 2.18. The summed E-state index contributed by atoms with van der Waals surface area (Å²) in [6.07, 6.45) is 0. The van der Waals surface area contributed by atoms with Gasteiger partial charge in [0.25, 0.3) is 0 Å². The van der Waals surface area contributed by atoms with Crippen molar-refractivity contribution in [3.05, 3.63) is 29.0 Å². The van der Waals surface area contributed by atoms with Crippen LogP contribution in [-0.2, 0) is 9.53 Å². The molecule has 1 aromatic rings. The minimum absolute atomic E-state index is 0.113. The molecule has 0 aliphatic carbocycles. The molecule has 0 fully saturated rings. The van der Waals surface area contributed by atoms with Crippen LogP contribution in [-0.4, -0.2) is 30.3 Å². The monoisotopic (exact) mass is 261 g/mol. The number of halogens is 2. The van der Waals surface area contributed by atoms with Crippen molar-refractivity contribution in [2.75, 3.05) is 19.0 Å². The standard InChI is InChI=1S/C11H13ClFNO3/c1-11(16,10(15)17-2)6-14-9-5-7(12)3-4-8(9)13/h3-5,14,16H,6H2,1-2H3. The average Bonchev–Trinajstić information content (AvgIpc) is 2.29. The van der Waals surface area contributed by atoms with E-state index in [9.17, 15) is 14.3 Å². The van der Waals surface area contributed by atoms with Gasteiger partial charge in [0.2, 0.25) is 0 Å². The van der Waals surface area contributed by atoms with Gasteiger partial charge in [-0.15, -0.1) is 0 Å². The molecule has 1 unspecified atom stereocenters. The van der Waals surface area contributed by atoms with E-state index in [1.54, 1.807) is 0 Å². The molecule has 0 saturated carbocycles. The predicted molar refractivity (Wildman–Crippen MR) is 62.5 cm³/mol. The largest absolute Gasteiger partial charge is 0.467 e. The van der Waals surface area contributed by atoms with Crippen molar-refractivity contribution in [1.82, 2.24) is 0 Å². The summed E-state index contributed by atoms with van der Waals surface area (Å²) in [5.41, 5.74) is -1.62. The van der Waals surface area contributed by atoms with Gasteiger partial charge in [-0.25, -0.2) is 9.18 Å². The van der Waals surface area contributed by atoms with Gasteiger partial charge in [-0.2, -0.15) is 0 Å². The second kappa shape index (κ2) is 5.33. The van der Waals surface area contributed by atoms with Crippen molar-refractivity contribution in [3.8, 4) is 0 Å². The third kappa shape index (κ3) is 3.57. The number of esters is 1. The van der Waals surface area contributed by atoms with E-state index in [1.807, 2.05) is 0 Å². The van der Waals surface area contributed by atoms with Crippen molar-refractivity contribution < 1.29 is 19.0 Å². The van der Waals surface area contributed by atoms with Gasteiger partial charge in [-0.05, 0) is 25.1 Å². The molecule has 2 N–H and O–H groups in total. The van der Waals surface area contributed by atoms with Gasteiger partial charge in [-0.3, -0.25) is 0 Å². The minimum atomic E-state index is -1.73. The second-order valence-electron chi connectivity index (χ2n) is 3.74. The number of aliphatic hydroxyl groups is 1. The lowest BCUT2D eigenvalue weighted by Gasteiger charge is -2.21. The molecule has 1 aromatic carbocycles. The molecule has 4 nitrogen and oxygen atoms in total. The fourth-order valence-electron chi connectivity index (χ4n) is 1.19. The normalized spacial score (nSPS) is 13.9. The lowest BCUT2D eigenvalue weighted by atomic mass is 10.1. The zero-order valence-electron chi connectivity index (χ0n) is 9.46. The van der Waals surface area contributed by atoms with Gasteiger partial charge in [0.1, 0.15) is 5.82 Å². The Balaban J connectivity index is 2.73. The highest BCUT2D eigenvalue weighted by Gasteiger charge is 2.31. The van der Waals surface area contributed by atoms with E-state index in [0.717, 1.165) is 7.11 Å². The highest BCUT2D eigenvalue weighted by atomic mass is 35.5. The topological polar surface area (TPSA) is 58.6 Å². The van der Waals surface area contributed by atoms with E-state index in [4.69, 9.17) is 11.6 Å². The Morgan fingerprint density at radius 1 is 1.65 bits per heavy atom. The summed E-state index contributed by atoms with van der Waals surface area (Å²) in [5.74, 6) is -1.32. The maximum absolute atomic E-state index is 13.3. The summed E-state index contributed by atoms with van der Waals surface area (Å²) in [7, 11) is 1.16. The lowest BCUT2D eigenvalue weighted by Crippen LogP contribution is -2.42. The summed E-state index contributed by atoms with van der Waals surface area (Å²) in [4.78, 5) is 11.2. The van der Waals surface area contributed by atoms with Crippen LogP contribution in [0.15, 0.2) is 18.2 Å². The van der Waals surface area contributed by atoms with E-state index in [-0.39, 0.29) is 12.2 Å². The van der Waals surface area contributed by atoms with Gasteiger partial charge in [0.15, 0.2) is 5.60 Å². The van der Waals surface area contributed by atoms with Crippen molar-refractivity contribution in [3.63, 3.8) is 0 Å². The predicted octanol–water partition coefficient (Wildman–Crippen LogP) is 1.81. The Labute approximate surface area is 103 Å². The Bertz CT molecular complexity index is 423. The van der Waals surface area contributed by atoms with Gasteiger partial charge in [0.05, 0.1) is 19.3 Å². The lowest BCUT2D eigenvalue weighted by molar-refractivity contribution is -0.158. The molecule has 0 spiro atoms. The number of methoxy groups -OCH3 is 1. The molecular weight excluding hydrogens is 249 g/mol. The summed E-state index contributed by atoms with van der Waals surface area (Å²) >= 11 is 5.70. The smallest absolute Gasteiger partial charge is 0.339 e. The van der Waals surface area contributed by atoms with E-state index in [2.05, 4.69) is 10.1 Å². The Morgan fingerprint density at radius 2 is 2.29 bits per heavy atom. The molecule has 0 bridgehead atoms. The maximum atomic E-state index is 13.3. The van der Waals surface area contributed by atoms with Gasteiger partial charge >= 0.3 is 5.97 Å². The van der Waals surface area contributed by atoms with E-state index < -0.39 is 17.4 Å². The molecule has 0 aromatic heterocycles.